The molecule has 2 N–H and O–H groups in total. The Balaban J connectivity index is 1.61. The van der Waals surface area contributed by atoms with Gasteiger partial charge in [-0.25, -0.2) is 0 Å². The van der Waals surface area contributed by atoms with Crippen LogP contribution in [0.1, 0.15) is 35.2 Å². The summed E-state index contributed by atoms with van der Waals surface area (Å²) in [6.07, 6.45) is 0.888. The fraction of sp³-hybridized carbons (Fsp3) is 0.263. The molecule has 0 saturated carbocycles. The lowest BCUT2D eigenvalue weighted by Gasteiger charge is -2.26. The summed E-state index contributed by atoms with van der Waals surface area (Å²) in [4.78, 5) is 23.3. The third kappa shape index (κ3) is 3.74. The van der Waals surface area contributed by atoms with Gasteiger partial charge in [-0.1, -0.05) is 18.2 Å². The zero-order chi connectivity index (χ0) is 16.9. The quantitative estimate of drug-likeness (QED) is 0.908. The van der Waals surface area contributed by atoms with Crippen LogP contribution in [0.15, 0.2) is 48.5 Å². The number of rotatable bonds is 4. The van der Waals surface area contributed by atoms with Crippen molar-refractivity contribution in [3.8, 4) is 5.75 Å². The summed E-state index contributed by atoms with van der Waals surface area (Å²) >= 11 is 0. The SMILES string of the molecule is CC(=O)Nc1ccc(C(=O)NCC2CCOc3ccccc32)cc1. The van der Waals surface area contributed by atoms with Crippen LogP contribution in [0.2, 0.25) is 0 Å². The molecule has 1 aliphatic heterocycles. The van der Waals surface area contributed by atoms with Crippen molar-refractivity contribution in [3.05, 3.63) is 59.7 Å². The lowest BCUT2D eigenvalue weighted by molar-refractivity contribution is -0.114. The third-order valence-corrected chi connectivity index (χ3v) is 4.06. The highest BCUT2D eigenvalue weighted by atomic mass is 16.5. The molecule has 0 saturated heterocycles. The maximum absolute atomic E-state index is 12.3. The van der Waals surface area contributed by atoms with Gasteiger partial charge in [0, 0.05) is 30.6 Å². The fourth-order valence-electron chi connectivity index (χ4n) is 2.85. The maximum Gasteiger partial charge on any atom is 0.251 e. The molecule has 0 aromatic heterocycles. The van der Waals surface area contributed by atoms with Gasteiger partial charge in [0.15, 0.2) is 0 Å². The number of fused-ring (bicyclic) bond motifs is 1. The molecule has 1 unspecified atom stereocenters. The Kier molecular flexibility index (Phi) is 4.79. The Morgan fingerprint density at radius 1 is 1.12 bits per heavy atom. The summed E-state index contributed by atoms with van der Waals surface area (Å²) < 4.78 is 5.64. The molecule has 124 valence electrons. The molecule has 0 aliphatic carbocycles. The van der Waals surface area contributed by atoms with Crippen LogP contribution in [-0.2, 0) is 4.79 Å². The van der Waals surface area contributed by atoms with Gasteiger partial charge in [0.2, 0.25) is 5.91 Å². The van der Waals surface area contributed by atoms with Crippen molar-refractivity contribution in [2.24, 2.45) is 0 Å². The van der Waals surface area contributed by atoms with Gasteiger partial charge in [-0.05, 0) is 42.3 Å². The molecule has 2 aromatic rings. The van der Waals surface area contributed by atoms with Crippen LogP contribution in [0, 0.1) is 0 Å². The van der Waals surface area contributed by atoms with Gasteiger partial charge in [-0.3, -0.25) is 9.59 Å². The van der Waals surface area contributed by atoms with Crippen molar-refractivity contribution in [1.29, 1.82) is 0 Å². The molecule has 0 bridgehead atoms. The van der Waals surface area contributed by atoms with Crippen molar-refractivity contribution >= 4 is 17.5 Å². The van der Waals surface area contributed by atoms with E-state index in [1.165, 1.54) is 6.92 Å². The number of benzene rings is 2. The van der Waals surface area contributed by atoms with Gasteiger partial charge in [-0.2, -0.15) is 0 Å². The summed E-state index contributed by atoms with van der Waals surface area (Å²) in [6.45, 7) is 2.70. The van der Waals surface area contributed by atoms with E-state index in [0.717, 1.165) is 17.7 Å². The van der Waals surface area contributed by atoms with Gasteiger partial charge >= 0.3 is 0 Å². The summed E-state index contributed by atoms with van der Waals surface area (Å²) in [5.41, 5.74) is 2.40. The molecular weight excluding hydrogens is 304 g/mol. The van der Waals surface area contributed by atoms with Gasteiger partial charge < -0.3 is 15.4 Å². The minimum atomic E-state index is -0.134. The molecule has 2 aromatic carbocycles. The summed E-state index contributed by atoms with van der Waals surface area (Å²) in [6, 6.07) is 14.8. The summed E-state index contributed by atoms with van der Waals surface area (Å²) in [5, 5.41) is 5.67. The van der Waals surface area contributed by atoms with Crippen molar-refractivity contribution in [3.63, 3.8) is 0 Å². The number of para-hydroxylation sites is 1. The van der Waals surface area contributed by atoms with Gasteiger partial charge in [0.1, 0.15) is 5.75 Å². The van der Waals surface area contributed by atoms with E-state index >= 15 is 0 Å². The van der Waals surface area contributed by atoms with E-state index in [2.05, 4.69) is 10.6 Å². The highest BCUT2D eigenvalue weighted by Gasteiger charge is 2.21. The molecule has 3 rings (SSSR count). The highest BCUT2D eigenvalue weighted by molar-refractivity contribution is 5.95. The molecule has 0 spiro atoms. The number of nitrogens with one attached hydrogen (secondary N) is 2. The van der Waals surface area contributed by atoms with E-state index in [1.807, 2.05) is 24.3 Å². The molecule has 1 atom stereocenters. The van der Waals surface area contributed by atoms with Gasteiger partial charge in [0.05, 0.1) is 6.61 Å². The van der Waals surface area contributed by atoms with Crippen molar-refractivity contribution in [2.75, 3.05) is 18.5 Å². The van der Waals surface area contributed by atoms with E-state index in [1.54, 1.807) is 24.3 Å². The predicted octanol–water partition coefficient (Wildman–Crippen LogP) is 2.94. The maximum atomic E-state index is 12.3. The first kappa shape index (κ1) is 16.1. The second kappa shape index (κ2) is 7.17. The number of amides is 2. The van der Waals surface area contributed by atoms with E-state index in [4.69, 9.17) is 4.74 Å². The predicted molar refractivity (Wildman–Crippen MR) is 92.4 cm³/mol. The van der Waals surface area contributed by atoms with E-state index in [-0.39, 0.29) is 17.7 Å². The number of carbonyl (C=O) groups is 2. The monoisotopic (exact) mass is 324 g/mol. The Hall–Kier alpha value is -2.82. The Morgan fingerprint density at radius 3 is 2.62 bits per heavy atom. The molecule has 5 heteroatoms. The first-order valence-corrected chi connectivity index (χ1v) is 8.01. The molecular formula is C19H20N2O3. The Bertz CT molecular complexity index is 741. The molecule has 1 heterocycles. The Labute approximate surface area is 141 Å². The highest BCUT2D eigenvalue weighted by Crippen LogP contribution is 2.32. The van der Waals surface area contributed by atoms with Crippen LogP contribution >= 0.6 is 0 Å². The zero-order valence-electron chi connectivity index (χ0n) is 13.5. The third-order valence-electron chi connectivity index (χ3n) is 4.06. The van der Waals surface area contributed by atoms with E-state index < -0.39 is 0 Å². The molecule has 0 radical (unpaired) electrons. The lowest BCUT2D eigenvalue weighted by Crippen LogP contribution is -2.30. The number of anilines is 1. The standard InChI is InChI=1S/C19H20N2O3/c1-13(22)21-16-8-6-14(7-9-16)19(23)20-12-15-10-11-24-18-5-3-2-4-17(15)18/h2-9,15H,10-12H2,1H3,(H,20,23)(H,21,22). The molecule has 5 nitrogen and oxygen atoms in total. The average Bonchev–Trinajstić information content (AvgIpc) is 2.59. The first-order valence-electron chi connectivity index (χ1n) is 8.01. The van der Waals surface area contributed by atoms with Crippen LogP contribution < -0.4 is 15.4 Å². The largest absolute Gasteiger partial charge is 0.493 e. The van der Waals surface area contributed by atoms with Gasteiger partial charge in [0.25, 0.3) is 5.91 Å². The van der Waals surface area contributed by atoms with Crippen molar-refractivity contribution in [2.45, 2.75) is 19.3 Å². The van der Waals surface area contributed by atoms with Crippen LogP contribution in [0.5, 0.6) is 5.75 Å². The number of ether oxygens (including phenoxy) is 1. The first-order chi connectivity index (χ1) is 11.6. The second-order valence-electron chi connectivity index (χ2n) is 5.84. The zero-order valence-corrected chi connectivity index (χ0v) is 13.5. The minimum Gasteiger partial charge on any atom is -0.493 e. The lowest BCUT2D eigenvalue weighted by atomic mass is 9.93. The Morgan fingerprint density at radius 2 is 1.88 bits per heavy atom. The van der Waals surface area contributed by atoms with Crippen LogP contribution in [0.4, 0.5) is 5.69 Å². The van der Waals surface area contributed by atoms with E-state index in [0.29, 0.717) is 24.4 Å². The average molecular weight is 324 g/mol. The molecule has 1 aliphatic rings. The summed E-state index contributed by atoms with van der Waals surface area (Å²) in [5.74, 6) is 0.916. The summed E-state index contributed by atoms with van der Waals surface area (Å²) in [7, 11) is 0. The number of hydrogen-bond acceptors (Lipinski definition) is 3. The molecule has 2 amide bonds. The van der Waals surface area contributed by atoms with Crippen LogP contribution in [0.25, 0.3) is 0 Å². The molecule has 24 heavy (non-hydrogen) atoms. The topological polar surface area (TPSA) is 67.4 Å². The smallest absolute Gasteiger partial charge is 0.251 e. The molecule has 0 fully saturated rings. The normalized spacial score (nSPS) is 15.8. The minimum absolute atomic E-state index is 0.117. The van der Waals surface area contributed by atoms with Crippen molar-refractivity contribution in [1.82, 2.24) is 5.32 Å². The number of carbonyl (C=O) groups excluding carboxylic acids is 2. The van der Waals surface area contributed by atoms with E-state index in [9.17, 15) is 9.59 Å². The van der Waals surface area contributed by atoms with Crippen LogP contribution in [0.3, 0.4) is 0 Å². The second-order valence-corrected chi connectivity index (χ2v) is 5.84. The fourth-order valence-corrected chi connectivity index (χ4v) is 2.85. The van der Waals surface area contributed by atoms with Crippen LogP contribution in [-0.4, -0.2) is 25.0 Å². The van der Waals surface area contributed by atoms with Gasteiger partial charge in [-0.15, -0.1) is 0 Å². The number of hydrogen-bond donors (Lipinski definition) is 2. The van der Waals surface area contributed by atoms with Crippen molar-refractivity contribution < 1.29 is 14.3 Å².